The third kappa shape index (κ3) is 5.37. The van der Waals surface area contributed by atoms with Crippen LogP contribution in [-0.2, 0) is 0 Å². The summed E-state index contributed by atoms with van der Waals surface area (Å²) in [6.07, 6.45) is 4.62. The second-order valence-electron chi connectivity index (χ2n) is 9.70. The minimum atomic E-state index is -3.07. The summed E-state index contributed by atoms with van der Waals surface area (Å²) >= 11 is 0. The lowest BCUT2D eigenvalue weighted by Crippen LogP contribution is -2.52. The van der Waals surface area contributed by atoms with Gasteiger partial charge in [0.05, 0.1) is 30.3 Å². The van der Waals surface area contributed by atoms with Gasteiger partial charge in [-0.3, -0.25) is 0 Å². The Kier molecular flexibility index (Phi) is 6.91. The zero-order chi connectivity index (χ0) is 28.6. The maximum absolute atomic E-state index is 15.0. The first-order chi connectivity index (χ1) is 19.8. The Morgan fingerprint density at radius 2 is 1.98 bits per heavy atom. The van der Waals surface area contributed by atoms with Crippen molar-refractivity contribution in [3.63, 3.8) is 0 Å². The van der Waals surface area contributed by atoms with Gasteiger partial charge in [0, 0.05) is 24.7 Å². The lowest BCUT2D eigenvalue weighted by Gasteiger charge is -2.36. The highest BCUT2D eigenvalue weighted by Crippen LogP contribution is 2.41. The fraction of sp³-hybridized carbons (Fsp3) is 0.333. The van der Waals surface area contributed by atoms with Crippen LogP contribution in [0.15, 0.2) is 49.4 Å². The lowest BCUT2D eigenvalue weighted by atomic mass is 10.0. The van der Waals surface area contributed by atoms with E-state index in [2.05, 4.69) is 35.3 Å². The average molecular weight is 564 g/mol. The average Bonchev–Trinajstić information content (AvgIpc) is 3.41. The van der Waals surface area contributed by atoms with E-state index in [4.69, 9.17) is 14.2 Å². The number of fused-ring (bicyclic) bond motifs is 2. The van der Waals surface area contributed by atoms with Crippen molar-refractivity contribution in [2.24, 2.45) is 0 Å². The van der Waals surface area contributed by atoms with E-state index in [9.17, 15) is 8.78 Å². The lowest BCUT2D eigenvalue weighted by molar-refractivity contribution is -0.135. The molecule has 0 radical (unpaired) electrons. The van der Waals surface area contributed by atoms with Gasteiger partial charge in [0.25, 0.3) is 11.8 Å². The highest BCUT2D eigenvalue weighted by Gasteiger charge is 2.46. The minimum Gasteiger partial charge on any atom is -0.478 e. The summed E-state index contributed by atoms with van der Waals surface area (Å²) in [7, 11) is 1.66. The number of aromatic nitrogens is 7. The molecular weight excluding hydrogens is 536 g/mol. The number of nitrogens with one attached hydrogen (secondary N) is 1. The van der Waals surface area contributed by atoms with E-state index in [1.54, 1.807) is 31.0 Å². The van der Waals surface area contributed by atoms with Crippen molar-refractivity contribution in [1.29, 1.82) is 0 Å². The number of rotatable bonds is 8. The van der Waals surface area contributed by atoms with Crippen LogP contribution in [0.2, 0.25) is 0 Å². The van der Waals surface area contributed by atoms with Crippen LogP contribution >= 0.6 is 0 Å². The number of hydrogen-bond acceptors (Lipinski definition) is 11. The van der Waals surface area contributed by atoms with Crippen molar-refractivity contribution in [3.8, 4) is 23.3 Å². The molecule has 1 aliphatic rings. The summed E-state index contributed by atoms with van der Waals surface area (Å²) in [5.41, 5.74) is 2.53. The number of hydrogen-bond donors (Lipinski definition) is 1. The van der Waals surface area contributed by atoms with Gasteiger partial charge in [-0.2, -0.15) is 5.10 Å². The molecule has 1 aromatic carbocycles. The molecule has 5 heterocycles. The number of anilines is 2. The molecule has 0 bridgehead atoms. The molecule has 5 aromatic rings. The number of ether oxygens (including phenoxy) is 3. The summed E-state index contributed by atoms with van der Waals surface area (Å²) in [4.78, 5) is 23.0. The van der Waals surface area contributed by atoms with Crippen LogP contribution in [0, 0.1) is 6.92 Å². The van der Waals surface area contributed by atoms with E-state index in [1.807, 2.05) is 19.1 Å². The molecule has 0 aliphatic carbocycles. The number of likely N-dealkylation sites (tertiary alicyclic amines) is 1. The third-order valence-corrected chi connectivity index (χ3v) is 6.67. The van der Waals surface area contributed by atoms with Crippen LogP contribution in [0.4, 0.5) is 20.3 Å². The number of nitrogens with zero attached hydrogens (tertiary/aromatic N) is 8. The summed E-state index contributed by atoms with van der Waals surface area (Å²) in [6.45, 7) is 4.01. The summed E-state index contributed by atoms with van der Waals surface area (Å²) < 4.78 is 49.1. The molecule has 14 heteroatoms. The van der Waals surface area contributed by atoms with Crippen LogP contribution < -0.4 is 19.5 Å². The van der Waals surface area contributed by atoms with Crippen molar-refractivity contribution >= 4 is 28.1 Å². The number of halogens is 2. The summed E-state index contributed by atoms with van der Waals surface area (Å²) in [5, 5.41) is 7.70. The molecule has 12 nitrogen and oxygen atoms in total. The molecular formula is C27H27F2N9O3. The molecule has 4 aromatic heterocycles. The van der Waals surface area contributed by atoms with Gasteiger partial charge in [-0.1, -0.05) is 0 Å². The predicted molar refractivity (Wildman–Crippen MR) is 145 cm³/mol. The molecule has 1 fully saturated rings. The van der Waals surface area contributed by atoms with E-state index in [-0.39, 0.29) is 24.7 Å². The Hall–Kier alpha value is -4.72. The summed E-state index contributed by atoms with van der Waals surface area (Å²) in [5.74, 6) is -1.56. The van der Waals surface area contributed by atoms with Gasteiger partial charge in [0.1, 0.15) is 30.5 Å². The normalized spacial score (nSPS) is 17.0. The number of piperidine rings is 1. The Balaban J connectivity index is 1.32. The molecule has 1 saturated heterocycles. The Labute approximate surface area is 233 Å². The van der Waals surface area contributed by atoms with Crippen LogP contribution in [0.5, 0.6) is 23.3 Å². The number of pyridine rings is 1. The number of alkyl halides is 2. The fourth-order valence-electron chi connectivity index (χ4n) is 4.68. The van der Waals surface area contributed by atoms with Crippen LogP contribution in [-0.4, -0.2) is 78.2 Å². The first kappa shape index (κ1) is 26.5. The second kappa shape index (κ2) is 10.7. The highest BCUT2D eigenvalue weighted by molar-refractivity contribution is 5.96. The maximum atomic E-state index is 15.0. The van der Waals surface area contributed by atoms with Crippen molar-refractivity contribution < 1.29 is 23.0 Å². The standard InChI is InChI=1S/C27H27F2N9O3/c1-4-39-26-24(41-20-7-8-37(3)12-27(20,28)29)23-18(11-30-26)31-13-33-25(23)36-17-5-6-19(16(2)9-17)40-22-10-21-32-14-35-38(21)15-34-22/h5-6,9-11,13-15,20H,4,7-8,12H2,1-3H3,(H,31,33,36)/t20-/m1/s1. The smallest absolute Gasteiger partial charge is 0.296 e. The van der Waals surface area contributed by atoms with Crippen LogP contribution in [0.3, 0.4) is 0 Å². The van der Waals surface area contributed by atoms with Crippen LogP contribution in [0.1, 0.15) is 18.9 Å². The zero-order valence-corrected chi connectivity index (χ0v) is 22.6. The zero-order valence-electron chi connectivity index (χ0n) is 22.6. The van der Waals surface area contributed by atoms with Crippen molar-refractivity contribution in [3.05, 3.63) is 55.0 Å². The molecule has 212 valence electrons. The first-order valence-electron chi connectivity index (χ1n) is 13.0. The van der Waals surface area contributed by atoms with Crippen molar-refractivity contribution in [2.75, 3.05) is 32.1 Å². The first-order valence-corrected chi connectivity index (χ1v) is 13.0. The highest BCUT2D eigenvalue weighted by atomic mass is 19.3. The van der Waals surface area contributed by atoms with Gasteiger partial charge in [-0.05, 0) is 44.7 Å². The fourth-order valence-corrected chi connectivity index (χ4v) is 4.68. The maximum Gasteiger partial charge on any atom is 0.296 e. The third-order valence-electron chi connectivity index (χ3n) is 6.67. The molecule has 0 spiro atoms. The topological polar surface area (TPSA) is 125 Å². The van der Waals surface area contributed by atoms with Crippen molar-refractivity contribution in [1.82, 2.24) is 39.4 Å². The molecule has 1 N–H and O–H groups in total. The van der Waals surface area contributed by atoms with Gasteiger partial charge in [-0.15, -0.1) is 0 Å². The Morgan fingerprint density at radius 3 is 2.78 bits per heavy atom. The molecule has 41 heavy (non-hydrogen) atoms. The molecule has 0 unspecified atom stereocenters. The van der Waals surface area contributed by atoms with Gasteiger partial charge >= 0.3 is 0 Å². The van der Waals surface area contributed by atoms with Gasteiger partial charge in [0.2, 0.25) is 5.88 Å². The monoisotopic (exact) mass is 563 g/mol. The van der Waals surface area contributed by atoms with E-state index < -0.39 is 18.6 Å². The Bertz CT molecular complexity index is 1710. The second-order valence-corrected chi connectivity index (χ2v) is 9.70. The SMILES string of the molecule is CCOc1ncc2ncnc(Nc3ccc(Oc4cc5ncnn5cn4)c(C)c3)c2c1O[C@@H]1CCN(C)CC1(F)F. The van der Waals surface area contributed by atoms with E-state index in [0.29, 0.717) is 46.2 Å². The molecule has 1 aliphatic heterocycles. The van der Waals surface area contributed by atoms with Gasteiger partial charge in [-0.25, -0.2) is 38.2 Å². The Morgan fingerprint density at radius 1 is 1.10 bits per heavy atom. The largest absolute Gasteiger partial charge is 0.478 e. The van der Waals surface area contributed by atoms with E-state index >= 15 is 0 Å². The predicted octanol–water partition coefficient (Wildman–Crippen LogP) is 4.42. The molecule has 0 amide bonds. The van der Waals surface area contributed by atoms with Gasteiger partial charge in [0.15, 0.2) is 17.5 Å². The number of aryl methyl sites for hydroxylation is 1. The quantitative estimate of drug-likeness (QED) is 0.288. The van der Waals surface area contributed by atoms with Gasteiger partial charge < -0.3 is 24.4 Å². The molecule has 1 atom stereocenters. The van der Waals surface area contributed by atoms with Crippen LogP contribution in [0.25, 0.3) is 16.6 Å². The minimum absolute atomic E-state index is 0.0771. The molecule has 0 saturated carbocycles. The summed E-state index contributed by atoms with van der Waals surface area (Å²) in [6, 6.07) is 7.16. The molecule has 6 rings (SSSR count). The van der Waals surface area contributed by atoms with E-state index in [1.165, 1.54) is 29.7 Å². The van der Waals surface area contributed by atoms with E-state index in [0.717, 1.165) is 5.56 Å². The van der Waals surface area contributed by atoms with Crippen molar-refractivity contribution in [2.45, 2.75) is 32.3 Å². The number of benzene rings is 1.